The number of anilines is 1. The van der Waals surface area contributed by atoms with Crippen molar-refractivity contribution in [1.82, 2.24) is 9.78 Å². The van der Waals surface area contributed by atoms with Gasteiger partial charge in [0.1, 0.15) is 5.69 Å². The van der Waals surface area contributed by atoms with Gasteiger partial charge in [0.2, 0.25) is 5.91 Å². The van der Waals surface area contributed by atoms with E-state index in [2.05, 4.69) is 10.4 Å². The summed E-state index contributed by atoms with van der Waals surface area (Å²) in [6, 6.07) is 8.86. The number of aromatic nitrogens is 2. The predicted octanol–water partition coefficient (Wildman–Crippen LogP) is 1.00. The molecule has 0 bridgehead atoms. The molecule has 0 aliphatic heterocycles. The van der Waals surface area contributed by atoms with Crippen molar-refractivity contribution in [1.29, 1.82) is 0 Å². The summed E-state index contributed by atoms with van der Waals surface area (Å²) in [6.07, 6.45) is 0.743. The summed E-state index contributed by atoms with van der Waals surface area (Å²) in [7, 11) is 0. The summed E-state index contributed by atoms with van der Waals surface area (Å²) in [6.45, 7) is 2.37. The number of nitrogens with zero attached hydrogens (tertiary/aromatic N) is 2. The largest absolute Gasteiger partial charge is 0.366 e. The molecule has 1 aromatic heterocycles. The second kappa shape index (κ2) is 6.66. The monoisotopic (exact) mass is 300 g/mol. The molecule has 0 aliphatic carbocycles. The number of nitrogens with one attached hydrogen (secondary N) is 1. The second-order valence-corrected chi connectivity index (χ2v) is 4.68. The second-order valence-electron chi connectivity index (χ2n) is 4.68. The zero-order chi connectivity index (χ0) is 16.1. The van der Waals surface area contributed by atoms with Crippen molar-refractivity contribution in [3.05, 3.63) is 58.0 Å². The SMILES string of the molecule is CCCn1nc(C(=O)Nc2ccc(C(N)=O)cc2)ccc1=O. The van der Waals surface area contributed by atoms with Crippen molar-refractivity contribution < 1.29 is 9.59 Å². The Morgan fingerprint density at radius 3 is 2.45 bits per heavy atom. The average molecular weight is 300 g/mol. The number of aryl methyl sites for hydroxylation is 1. The molecular formula is C15H16N4O3. The highest BCUT2D eigenvalue weighted by Gasteiger charge is 2.10. The molecule has 7 heteroatoms. The zero-order valence-corrected chi connectivity index (χ0v) is 12.1. The molecule has 3 N–H and O–H groups in total. The summed E-state index contributed by atoms with van der Waals surface area (Å²) in [5, 5.41) is 6.67. The maximum absolute atomic E-state index is 12.1. The van der Waals surface area contributed by atoms with Gasteiger partial charge in [-0.05, 0) is 36.8 Å². The van der Waals surface area contributed by atoms with Crippen LogP contribution in [0, 0.1) is 0 Å². The van der Waals surface area contributed by atoms with Crippen LogP contribution in [-0.4, -0.2) is 21.6 Å². The van der Waals surface area contributed by atoms with Gasteiger partial charge in [-0.1, -0.05) is 6.92 Å². The van der Waals surface area contributed by atoms with E-state index in [1.165, 1.54) is 28.9 Å². The molecule has 0 saturated carbocycles. The Hall–Kier alpha value is -2.96. The van der Waals surface area contributed by atoms with Gasteiger partial charge in [0, 0.05) is 23.9 Å². The van der Waals surface area contributed by atoms with Crippen LogP contribution in [-0.2, 0) is 6.54 Å². The van der Waals surface area contributed by atoms with E-state index < -0.39 is 11.8 Å². The molecule has 0 radical (unpaired) electrons. The third kappa shape index (κ3) is 3.57. The fourth-order valence-corrected chi connectivity index (χ4v) is 1.85. The molecule has 0 atom stereocenters. The first-order valence-electron chi connectivity index (χ1n) is 6.80. The summed E-state index contributed by atoms with van der Waals surface area (Å²) in [5.74, 6) is -0.970. The van der Waals surface area contributed by atoms with Crippen LogP contribution >= 0.6 is 0 Å². The van der Waals surface area contributed by atoms with Crippen LogP contribution in [0.4, 0.5) is 5.69 Å². The van der Waals surface area contributed by atoms with Crippen LogP contribution in [0.25, 0.3) is 0 Å². The Kier molecular flexibility index (Phi) is 4.67. The summed E-state index contributed by atoms with van der Waals surface area (Å²) >= 11 is 0. The minimum absolute atomic E-state index is 0.145. The Bertz CT molecular complexity index is 750. The quantitative estimate of drug-likeness (QED) is 0.859. The fourth-order valence-electron chi connectivity index (χ4n) is 1.85. The highest BCUT2D eigenvalue weighted by Crippen LogP contribution is 2.10. The van der Waals surface area contributed by atoms with Crippen molar-refractivity contribution >= 4 is 17.5 Å². The first-order chi connectivity index (χ1) is 10.5. The number of carbonyl (C=O) groups excluding carboxylic acids is 2. The highest BCUT2D eigenvalue weighted by molar-refractivity contribution is 6.03. The van der Waals surface area contributed by atoms with E-state index in [4.69, 9.17) is 5.73 Å². The molecular weight excluding hydrogens is 284 g/mol. The lowest BCUT2D eigenvalue weighted by Gasteiger charge is -2.07. The molecule has 1 aromatic carbocycles. The van der Waals surface area contributed by atoms with Crippen LogP contribution in [0.2, 0.25) is 0 Å². The Balaban J connectivity index is 2.16. The van der Waals surface area contributed by atoms with E-state index >= 15 is 0 Å². The van der Waals surface area contributed by atoms with Gasteiger partial charge >= 0.3 is 0 Å². The standard InChI is InChI=1S/C15H16N4O3/c1-2-9-19-13(20)8-7-12(18-19)15(22)17-11-5-3-10(4-6-11)14(16)21/h3-8H,2,9H2,1H3,(H2,16,21)(H,17,22). The van der Waals surface area contributed by atoms with Crippen molar-refractivity contribution in [3.8, 4) is 0 Å². The molecule has 2 aromatic rings. The lowest BCUT2D eigenvalue weighted by Crippen LogP contribution is -2.26. The molecule has 1 heterocycles. The van der Waals surface area contributed by atoms with E-state index in [-0.39, 0.29) is 11.3 Å². The summed E-state index contributed by atoms with van der Waals surface area (Å²) in [5.41, 5.74) is 5.91. The van der Waals surface area contributed by atoms with Crippen molar-refractivity contribution in [3.63, 3.8) is 0 Å². The van der Waals surface area contributed by atoms with Gasteiger partial charge in [-0.2, -0.15) is 5.10 Å². The van der Waals surface area contributed by atoms with Gasteiger partial charge in [-0.3, -0.25) is 14.4 Å². The fraction of sp³-hybridized carbons (Fsp3) is 0.200. The van der Waals surface area contributed by atoms with Crippen LogP contribution in [0.5, 0.6) is 0 Å². The Morgan fingerprint density at radius 1 is 1.18 bits per heavy atom. The number of primary amides is 1. The normalized spacial score (nSPS) is 10.2. The van der Waals surface area contributed by atoms with Crippen LogP contribution in [0.3, 0.4) is 0 Å². The zero-order valence-electron chi connectivity index (χ0n) is 12.1. The summed E-state index contributed by atoms with van der Waals surface area (Å²) < 4.78 is 1.26. The van der Waals surface area contributed by atoms with Crippen molar-refractivity contribution in [2.75, 3.05) is 5.32 Å². The average Bonchev–Trinajstić information content (AvgIpc) is 2.50. The molecule has 0 saturated heterocycles. The van der Waals surface area contributed by atoms with Crippen molar-refractivity contribution in [2.24, 2.45) is 5.73 Å². The third-order valence-electron chi connectivity index (χ3n) is 2.96. The maximum atomic E-state index is 12.1. The number of hydrogen-bond acceptors (Lipinski definition) is 4. The smallest absolute Gasteiger partial charge is 0.276 e. The number of benzene rings is 1. The van der Waals surface area contributed by atoms with Crippen LogP contribution in [0.1, 0.15) is 34.2 Å². The molecule has 0 fully saturated rings. The first-order valence-corrected chi connectivity index (χ1v) is 6.80. The van der Waals surface area contributed by atoms with Crippen LogP contribution < -0.4 is 16.6 Å². The highest BCUT2D eigenvalue weighted by atomic mass is 16.2. The Labute approximate surface area is 126 Å². The molecule has 2 amide bonds. The molecule has 0 spiro atoms. The minimum atomic E-state index is -0.536. The van der Waals surface area contributed by atoms with Crippen LogP contribution in [0.15, 0.2) is 41.2 Å². The molecule has 2 rings (SSSR count). The first kappa shape index (κ1) is 15.4. The number of amides is 2. The maximum Gasteiger partial charge on any atom is 0.276 e. The van der Waals surface area contributed by atoms with Gasteiger partial charge in [-0.25, -0.2) is 4.68 Å². The molecule has 7 nitrogen and oxygen atoms in total. The van der Waals surface area contributed by atoms with E-state index in [9.17, 15) is 14.4 Å². The van der Waals surface area contributed by atoms with Gasteiger partial charge in [-0.15, -0.1) is 0 Å². The van der Waals surface area contributed by atoms with Gasteiger partial charge in [0.15, 0.2) is 0 Å². The molecule has 114 valence electrons. The lowest BCUT2D eigenvalue weighted by molar-refractivity contribution is 0.0997. The number of nitrogens with two attached hydrogens (primary N) is 1. The van der Waals surface area contributed by atoms with E-state index in [0.29, 0.717) is 17.8 Å². The minimum Gasteiger partial charge on any atom is -0.366 e. The van der Waals surface area contributed by atoms with E-state index in [1.54, 1.807) is 12.1 Å². The summed E-state index contributed by atoms with van der Waals surface area (Å²) in [4.78, 5) is 34.7. The number of carbonyl (C=O) groups is 2. The van der Waals surface area contributed by atoms with Gasteiger partial charge < -0.3 is 11.1 Å². The van der Waals surface area contributed by atoms with Gasteiger partial charge in [0.25, 0.3) is 11.5 Å². The molecule has 0 unspecified atom stereocenters. The molecule has 0 aliphatic rings. The topological polar surface area (TPSA) is 107 Å². The van der Waals surface area contributed by atoms with Crippen molar-refractivity contribution in [2.45, 2.75) is 19.9 Å². The number of rotatable bonds is 5. The molecule has 22 heavy (non-hydrogen) atoms. The van der Waals surface area contributed by atoms with E-state index in [1.807, 2.05) is 6.92 Å². The third-order valence-corrected chi connectivity index (χ3v) is 2.96. The van der Waals surface area contributed by atoms with E-state index in [0.717, 1.165) is 6.42 Å². The van der Waals surface area contributed by atoms with Gasteiger partial charge in [0.05, 0.1) is 0 Å². The lowest BCUT2D eigenvalue weighted by atomic mass is 10.2. The number of hydrogen-bond donors (Lipinski definition) is 2. The Morgan fingerprint density at radius 2 is 1.86 bits per heavy atom. The predicted molar refractivity (Wildman–Crippen MR) is 81.7 cm³/mol.